The Morgan fingerprint density at radius 2 is 2.11 bits per heavy atom. The van der Waals surface area contributed by atoms with E-state index in [1.54, 1.807) is 30.2 Å². The summed E-state index contributed by atoms with van der Waals surface area (Å²) >= 11 is 12.6. The van der Waals surface area contributed by atoms with Crippen LogP contribution in [0.15, 0.2) is 36.2 Å². The third kappa shape index (κ3) is 3.15. The highest BCUT2D eigenvalue weighted by atomic mass is 35.5. The number of fused-ring (bicyclic) bond motifs is 1. The van der Waals surface area contributed by atoms with Gasteiger partial charge in [-0.1, -0.05) is 29.3 Å². The fraction of sp³-hybridized carbons (Fsp3) is 0.263. The number of hydrogen-bond acceptors (Lipinski definition) is 6. The maximum atomic E-state index is 12.7. The van der Waals surface area contributed by atoms with Crippen LogP contribution in [0, 0.1) is 11.3 Å². The van der Waals surface area contributed by atoms with Crippen molar-refractivity contribution >= 4 is 34.9 Å². The summed E-state index contributed by atoms with van der Waals surface area (Å²) in [5, 5.41) is 9.88. The number of anilines is 1. The first kappa shape index (κ1) is 18.5. The number of piperazine rings is 1. The molecule has 1 saturated heterocycles. The van der Waals surface area contributed by atoms with E-state index in [0.717, 1.165) is 11.3 Å². The van der Waals surface area contributed by atoms with Crippen molar-refractivity contribution in [3.05, 3.63) is 57.6 Å². The third-order valence-corrected chi connectivity index (χ3v) is 5.67. The van der Waals surface area contributed by atoms with Crippen LogP contribution >= 0.6 is 23.2 Å². The molecule has 2 aliphatic heterocycles. The highest BCUT2D eigenvalue weighted by Crippen LogP contribution is 2.42. The van der Waals surface area contributed by atoms with Crippen molar-refractivity contribution < 1.29 is 9.53 Å². The number of rotatable bonds is 3. The molecule has 0 N–H and O–H groups in total. The first-order valence-electron chi connectivity index (χ1n) is 8.53. The van der Waals surface area contributed by atoms with Crippen LogP contribution in [0.3, 0.4) is 0 Å². The van der Waals surface area contributed by atoms with Crippen LogP contribution in [-0.2, 0) is 4.79 Å². The van der Waals surface area contributed by atoms with E-state index < -0.39 is 0 Å². The molecule has 4 rings (SSSR count). The molecule has 0 aliphatic carbocycles. The van der Waals surface area contributed by atoms with E-state index in [1.807, 2.05) is 17.0 Å². The molecule has 1 amide bonds. The number of carbonyl (C=O) groups is 1. The van der Waals surface area contributed by atoms with Gasteiger partial charge < -0.3 is 14.5 Å². The lowest BCUT2D eigenvalue weighted by Gasteiger charge is -2.34. The van der Waals surface area contributed by atoms with E-state index in [0.29, 0.717) is 34.7 Å². The smallest absolute Gasteiger partial charge is 0.246 e. The maximum absolute atomic E-state index is 12.7. The molecule has 2 aromatic rings. The summed E-state index contributed by atoms with van der Waals surface area (Å²) in [4.78, 5) is 24.4. The molecule has 0 radical (unpaired) electrons. The Hall–Kier alpha value is -2.82. The number of amides is 1. The lowest BCUT2D eigenvalue weighted by atomic mass is 9.99. The van der Waals surface area contributed by atoms with Crippen molar-refractivity contribution in [1.29, 1.82) is 5.26 Å². The Morgan fingerprint density at radius 1 is 1.29 bits per heavy atom. The minimum Gasteiger partial charge on any atom is -0.496 e. The van der Waals surface area contributed by atoms with Crippen LogP contribution in [0.2, 0.25) is 10.0 Å². The van der Waals surface area contributed by atoms with Gasteiger partial charge in [-0.15, -0.1) is 0 Å². The minimum atomic E-state index is -0.125. The number of methoxy groups -OCH3 is 1. The van der Waals surface area contributed by atoms with E-state index in [-0.39, 0.29) is 24.2 Å². The Morgan fingerprint density at radius 3 is 2.86 bits per heavy atom. The highest BCUT2D eigenvalue weighted by molar-refractivity contribution is 6.42. The SMILES string of the molecule is COc1ccc(Cl)c(Cl)c1[C@H]1C=C2CN(c3ccnc(C#N)n3)CC(=O)N2C1. The number of hydrogen-bond donors (Lipinski definition) is 0. The number of halogens is 2. The highest BCUT2D eigenvalue weighted by Gasteiger charge is 2.37. The van der Waals surface area contributed by atoms with Gasteiger partial charge in [-0.25, -0.2) is 9.97 Å². The molecule has 0 unspecified atom stereocenters. The Balaban J connectivity index is 1.67. The molecule has 3 heterocycles. The first-order valence-corrected chi connectivity index (χ1v) is 9.28. The molecule has 1 atom stereocenters. The Kier molecular flexibility index (Phi) is 4.84. The van der Waals surface area contributed by atoms with Gasteiger partial charge in [0.05, 0.1) is 30.2 Å². The fourth-order valence-electron chi connectivity index (χ4n) is 3.58. The predicted octanol–water partition coefficient (Wildman–Crippen LogP) is 2.99. The van der Waals surface area contributed by atoms with Crippen molar-refractivity contribution in [1.82, 2.24) is 14.9 Å². The van der Waals surface area contributed by atoms with Crippen molar-refractivity contribution in [2.45, 2.75) is 5.92 Å². The number of ether oxygens (including phenoxy) is 1. The van der Waals surface area contributed by atoms with E-state index >= 15 is 0 Å². The van der Waals surface area contributed by atoms with Crippen molar-refractivity contribution in [3.8, 4) is 11.8 Å². The molecule has 142 valence electrons. The number of nitrogens with zero attached hydrogens (tertiary/aromatic N) is 5. The summed E-state index contributed by atoms with van der Waals surface area (Å²) in [7, 11) is 1.58. The van der Waals surface area contributed by atoms with E-state index in [4.69, 9.17) is 33.2 Å². The maximum Gasteiger partial charge on any atom is 0.246 e. The average Bonchev–Trinajstić information content (AvgIpc) is 3.14. The Labute approximate surface area is 171 Å². The largest absolute Gasteiger partial charge is 0.496 e. The topological polar surface area (TPSA) is 82.3 Å². The molecule has 2 aliphatic rings. The van der Waals surface area contributed by atoms with Gasteiger partial charge in [-0.3, -0.25) is 4.79 Å². The predicted molar refractivity (Wildman–Crippen MR) is 105 cm³/mol. The molecule has 0 bridgehead atoms. The monoisotopic (exact) mass is 415 g/mol. The molecular weight excluding hydrogens is 401 g/mol. The molecule has 1 aromatic carbocycles. The van der Waals surface area contributed by atoms with Crippen LogP contribution in [0.4, 0.5) is 5.82 Å². The molecule has 1 fully saturated rings. The van der Waals surface area contributed by atoms with Crippen LogP contribution < -0.4 is 9.64 Å². The minimum absolute atomic E-state index is 0.0470. The number of aromatic nitrogens is 2. The summed E-state index contributed by atoms with van der Waals surface area (Å²) in [6.07, 6.45) is 3.52. The second-order valence-electron chi connectivity index (χ2n) is 6.45. The van der Waals surface area contributed by atoms with Crippen LogP contribution in [0.25, 0.3) is 0 Å². The fourth-order valence-corrected chi connectivity index (χ4v) is 4.04. The Bertz CT molecular complexity index is 1030. The second kappa shape index (κ2) is 7.30. The van der Waals surface area contributed by atoms with Gasteiger partial charge in [0.2, 0.25) is 11.7 Å². The van der Waals surface area contributed by atoms with Crippen LogP contribution in [0.5, 0.6) is 5.75 Å². The normalized spacial score (nSPS) is 18.6. The van der Waals surface area contributed by atoms with Gasteiger partial charge in [0.1, 0.15) is 17.6 Å². The standard InChI is InChI=1S/C19H15Cl2N5O2/c1-28-14-3-2-13(20)19(21)18(14)11-6-12-9-25(10-17(27)26(12)8-11)16-4-5-23-15(7-22)24-16/h2-6,11H,8-10H2,1H3/t11-/m0/s1. The quantitative estimate of drug-likeness (QED) is 0.765. The average molecular weight is 416 g/mol. The molecular formula is C19H15Cl2N5O2. The summed E-state index contributed by atoms with van der Waals surface area (Å²) < 4.78 is 5.46. The van der Waals surface area contributed by atoms with E-state index in [9.17, 15) is 4.79 Å². The van der Waals surface area contributed by atoms with Gasteiger partial charge in [0, 0.05) is 29.9 Å². The zero-order valence-corrected chi connectivity index (χ0v) is 16.4. The van der Waals surface area contributed by atoms with Gasteiger partial charge in [0.25, 0.3) is 0 Å². The third-order valence-electron chi connectivity index (χ3n) is 4.85. The zero-order chi connectivity index (χ0) is 19.8. The second-order valence-corrected chi connectivity index (χ2v) is 7.24. The number of nitriles is 1. The van der Waals surface area contributed by atoms with E-state index in [1.165, 1.54) is 6.20 Å². The molecule has 7 nitrogen and oxygen atoms in total. The number of carbonyl (C=O) groups excluding carboxylic acids is 1. The molecule has 28 heavy (non-hydrogen) atoms. The molecule has 0 spiro atoms. The van der Waals surface area contributed by atoms with Crippen LogP contribution in [0.1, 0.15) is 17.3 Å². The van der Waals surface area contributed by atoms with Crippen LogP contribution in [-0.4, -0.2) is 47.5 Å². The first-order chi connectivity index (χ1) is 13.5. The molecule has 9 heteroatoms. The number of benzene rings is 1. The lowest BCUT2D eigenvalue weighted by Crippen LogP contribution is -2.48. The molecule has 0 saturated carbocycles. The lowest BCUT2D eigenvalue weighted by molar-refractivity contribution is -0.128. The summed E-state index contributed by atoms with van der Waals surface area (Å²) in [5.74, 6) is 1.08. The van der Waals surface area contributed by atoms with Gasteiger partial charge >= 0.3 is 0 Å². The van der Waals surface area contributed by atoms with Crippen molar-refractivity contribution in [3.63, 3.8) is 0 Å². The van der Waals surface area contributed by atoms with Gasteiger partial charge in [0.15, 0.2) is 0 Å². The van der Waals surface area contributed by atoms with Gasteiger partial charge in [-0.05, 0) is 18.2 Å². The van der Waals surface area contributed by atoms with Crippen molar-refractivity contribution in [2.24, 2.45) is 0 Å². The summed E-state index contributed by atoms with van der Waals surface area (Å²) in [6.45, 7) is 1.14. The van der Waals surface area contributed by atoms with E-state index in [2.05, 4.69) is 9.97 Å². The zero-order valence-electron chi connectivity index (χ0n) is 14.9. The molecule has 1 aromatic heterocycles. The summed E-state index contributed by atoms with van der Waals surface area (Å²) in [6, 6.07) is 7.07. The summed E-state index contributed by atoms with van der Waals surface area (Å²) in [5.41, 5.74) is 1.63. The van der Waals surface area contributed by atoms with Crippen molar-refractivity contribution in [2.75, 3.05) is 31.6 Å². The van der Waals surface area contributed by atoms with Gasteiger partial charge in [-0.2, -0.15) is 5.26 Å².